The second-order valence-corrected chi connectivity index (χ2v) is 5.08. The number of rotatable bonds is 3. The van der Waals surface area contributed by atoms with Crippen LogP contribution in [0.15, 0.2) is 18.2 Å². The summed E-state index contributed by atoms with van der Waals surface area (Å²) in [5.41, 5.74) is 1.18. The maximum atomic E-state index is 9.26. The van der Waals surface area contributed by atoms with Crippen LogP contribution in [0.25, 0.3) is 0 Å². The average Bonchev–Trinajstić information content (AvgIpc) is 2.88. The fourth-order valence-corrected chi connectivity index (χ4v) is 2.80. The van der Waals surface area contributed by atoms with Crippen LogP contribution in [-0.2, 0) is 6.54 Å². The highest BCUT2D eigenvalue weighted by molar-refractivity contribution is 5.48. The van der Waals surface area contributed by atoms with Gasteiger partial charge in [0.1, 0.15) is 0 Å². The summed E-state index contributed by atoms with van der Waals surface area (Å²) in [6.45, 7) is 3.57. The Bertz CT molecular complexity index is 422. The molecule has 1 aromatic rings. The first kappa shape index (κ1) is 11.8. The Kier molecular flexibility index (Phi) is 3.39. The number of nitrogens with zero attached hydrogens (tertiary/aromatic N) is 1. The molecule has 2 aliphatic heterocycles. The lowest BCUT2D eigenvalue weighted by Crippen LogP contribution is -2.36. The van der Waals surface area contributed by atoms with Gasteiger partial charge in [-0.2, -0.15) is 0 Å². The lowest BCUT2D eigenvalue weighted by molar-refractivity contribution is 0.114. The lowest BCUT2D eigenvalue weighted by Gasteiger charge is -2.31. The molecular formula is C14H19NO3. The van der Waals surface area contributed by atoms with Gasteiger partial charge in [0.2, 0.25) is 6.79 Å². The molecular weight excluding hydrogens is 230 g/mol. The van der Waals surface area contributed by atoms with Crippen LogP contribution in [0.2, 0.25) is 0 Å². The Morgan fingerprint density at radius 3 is 3.17 bits per heavy atom. The minimum atomic E-state index is 0.295. The largest absolute Gasteiger partial charge is 0.454 e. The van der Waals surface area contributed by atoms with E-state index < -0.39 is 0 Å². The third kappa shape index (κ3) is 2.31. The smallest absolute Gasteiger partial charge is 0.231 e. The van der Waals surface area contributed by atoms with Gasteiger partial charge in [0.05, 0.1) is 0 Å². The first-order valence-electron chi connectivity index (χ1n) is 6.57. The molecule has 0 radical (unpaired) electrons. The second kappa shape index (κ2) is 5.16. The maximum absolute atomic E-state index is 9.26. The van der Waals surface area contributed by atoms with Crippen molar-refractivity contribution in [1.82, 2.24) is 4.90 Å². The summed E-state index contributed by atoms with van der Waals surface area (Å²) in [6.07, 6.45) is 2.30. The zero-order valence-electron chi connectivity index (χ0n) is 10.5. The van der Waals surface area contributed by atoms with Crippen molar-refractivity contribution in [3.05, 3.63) is 23.8 Å². The fourth-order valence-electron chi connectivity index (χ4n) is 2.80. The van der Waals surface area contributed by atoms with E-state index in [1.54, 1.807) is 0 Å². The first-order chi connectivity index (χ1) is 8.86. The minimum Gasteiger partial charge on any atom is -0.454 e. The van der Waals surface area contributed by atoms with Gasteiger partial charge in [0.25, 0.3) is 0 Å². The van der Waals surface area contributed by atoms with Crippen LogP contribution in [0.5, 0.6) is 11.5 Å². The molecule has 1 aromatic carbocycles. The van der Waals surface area contributed by atoms with Crippen LogP contribution >= 0.6 is 0 Å². The molecule has 0 spiro atoms. The average molecular weight is 249 g/mol. The number of likely N-dealkylation sites (tertiary alicyclic amines) is 1. The van der Waals surface area contributed by atoms with Crippen LogP contribution in [0.1, 0.15) is 18.4 Å². The summed E-state index contributed by atoms with van der Waals surface area (Å²) in [5, 5.41) is 9.26. The van der Waals surface area contributed by atoms with Gasteiger partial charge in [0.15, 0.2) is 11.5 Å². The molecule has 1 saturated heterocycles. The molecule has 0 aliphatic carbocycles. The van der Waals surface area contributed by atoms with Gasteiger partial charge in [-0.1, -0.05) is 12.1 Å². The Labute approximate surface area is 107 Å². The Hall–Kier alpha value is -1.26. The topological polar surface area (TPSA) is 41.9 Å². The van der Waals surface area contributed by atoms with Crippen LogP contribution < -0.4 is 9.47 Å². The molecule has 4 heteroatoms. The van der Waals surface area contributed by atoms with Crippen LogP contribution in [0.4, 0.5) is 0 Å². The highest BCUT2D eigenvalue weighted by atomic mass is 16.7. The van der Waals surface area contributed by atoms with Gasteiger partial charge >= 0.3 is 0 Å². The molecule has 0 bridgehead atoms. The van der Waals surface area contributed by atoms with Gasteiger partial charge in [-0.25, -0.2) is 0 Å². The van der Waals surface area contributed by atoms with Gasteiger partial charge in [-0.3, -0.25) is 4.90 Å². The van der Waals surface area contributed by atoms with Crippen molar-refractivity contribution in [3.8, 4) is 11.5 Å². The van der Waals surface area contributed by atoms with Crippen molar-refractivity contribution in [2.45, 2.75) is 19.4 Å². The summed E-state index contributed by atoms with van der Waals surface area (Å²) in [4.78, 5) is 2.39. The zero-order valence-corrected chi connectivity index (χ0v) is 10.5. The molecule has 2 heterocycles. The molecule has 1 fully saturated rings. The third-order valence-corrected chi connectivity index (χ3v) is 3.73. The second-order valence-electron chi connectivity index (χ2n) is 5.08. The van der Waals surface area contributed by atoms with Crippen molar-refractivity contribution in [3.63, 3.8) is 0 Å². The minimum absolute atomic E-state index is 0.295. The van der Waals surface area contributed by atoms with Crippen molar-refractivity contribution >= 4 is 0 Å². The molecule has 0 aromatic heterocycles. The zero-order chi connectivity index (χ0) is 12.4. The number of aliphatic hydroxyl groups is 1. The SMILES string of the molecule is OCC1CCCN(Cc2cccc3c2OCO3)C1. The van der Waals surface area contributed by atoms with Gasteiger partial charge in [-0.15, -0.1) is 0 Å². The molecule has 4 nitrogen and oxygen atoms in total. The number of para-hydroxylation sites is 1. The number of hydrogen-bond donors (Lipinski definition) is 1. The normalized spacial score (nSPS) is 23.3. The summed E-state index contributed by atoms with van der Waals surface area (Å²) in [5.74, 6) is 2.17. The molecule has 1 unspecified atom stereocenters. The summed E-state index contributed by atoms with van der Waals surface area (Å²) >= 11 is 0. The summed E-state index contributed by atoms with van der Waals surface area (Å²) in [6, 6.07) is 6.05. The summed E-state index contributed by atoms with van der Waals surface area (Å²) < 4.78 is 10.9. The number of aliphatic hydroxyl groups excluding tert-OH is 1. The van der Waals surface area contributed by atoms with E-state index in [0.29, 0.717) is 19.3 Å². The van der Waals surface area contributed by atoms with E-state index in [4.69, 9.17) is 9.47 Å². The number of fused-ring (bicyclic) bond motifs is 1. The van der Waals surface area contributed by atoms with E-state index in [2.05, 4.69) is 11.0 Å². The number of hydrogen-bond acceptors (Lipinski definition) is 4. The first-order valence-corrected chi connectivity index (χ1v) is 6.57. The quantitative estimate of drug-likeness (QED) is 0.884. The molecule has 2 aliphatic rings. The monoisotopic (exact) mass is 249 g/mol. The van der Waals surface area contributed by atoms with Crippen molar-refractivity contribution in [2.24, 2.45) is 5.92 Å². The van der Waals surface area contributed by atoms with Crippen LogP contribution in [-0.4, -0.2) is 36.5 Å². The summed E-state index contributed by atoms with van der Waals surface area (Å²) in [7, 11) is 0. The Balaban J connectivity index is 1.71. The number of piperidine rings is 1. The van der Waals surface area contributed by atoms with Crippen molar-refractivity contribution in [2.75, 3.05) is 26.5 Å². The third-order valence-electron chi connectivity index (χ3n) is 3.73. The fraction of sp³-hybridized carbons (Fsp3) is 0.571. The van der Waals surface area contributed by atoms with Crippen molar-refractivity contribution in [1.29, 1.82) is 0 Å². The van der Waals surface area contributed by atoms with E-state index >= 15 is 0 Å². The van der Waals surface area contributed by atoms with E-state index in [1.165, 1.54) is 5.56 Å². The van der Waals surface area contributed by atoms with Gasteiger partial charge in [0, 0.05) is 25.3 Å². The molecule has 0 saturated carbocycles. The highest BCUT2D eigenvalue weighted by Gasteiger charge is 2.22. The van der Waals surface area contributed by atoms with E-state index in [0.717, 1.165) is 44.0 Å². The van der Waals surface area contributed by atoms with Crippen LogP contribution in [0.3, 0.4) is 0 Å². The molecule has 3 rings (SSSR count). The van der Waals surface area contributed by atoms with Gasteiger partial charge < -0.3 is 14.6 Å². The predicted molar refractivity (Wildman–Crippen MR) is 67.7 cm³/mol. The molecule has 1 N–H and O–H groups in total. The molecule has 98 valence electrons. The van der Waals surface area contributed by atoms with Crippen molar-refractivity contribution < 1.29 is 14.6 Å². The maximum Gasteiger partial charge on any atom is 0.231 e. The highest BCUT2D eigenvalue weighted by Crippen LogP contribution is 2.36. The molecule has 1 atom stereocenters. The van der Waals surface area contributed by atoms with E-state index in [9.17, 15) is 5.11 Å². The number of ether oxygens (including phenoxy) is 2. The Morgan fingerprint density at radius 2 is 2.28 bits per heavy atom. The number of benzene rings is 1. The lowest BCUT2D eigenvalue weighted by atomic mass is 9.98. The standard InChI is InChI=1S/C14H19NO3/c16-9-11-3-2-6-15(7-11)8-12-4-1-5-13-14(12)18-10-17-13/h1,4-5,11,16H,2-3,6-10H2. The van der Waals surface area contributed by atoms with E-state index in [-0.39, 0.29) is 0 Å². The molecule has 18 heavy (non-hydrogen) atoms. The van der Waals surface area contributed by atoms with E-state index in [1.807, 2.05) is 12.1 Å². The predicted octanol–water partition coefficient (Wildman–Crippen LogP) is 1.62. The Morgan fingerprint density at radius 1 is 1.33 bits per heavy atom. The van der Waals surface area contributed by atoms with Gasteiger partial charge in [-0.05, 0) is 31.4 Å². The molecule has 0 amide bonds. The van der Waals surface area contributed by atoms with Crippen LogP contribution in [0, 0.1) is 5.92 Å².